The molecular weight excluding hydrogens is 240 g/mol. The Hall–Kier alpha value is -1.62. The van der Waals surface area contributed by atoms with Crippen LogP contribution in [0.15, 0.2) is 6.20 Å². The van der Waals surface area contributed by atoms with E-state index in [2.05, 4.69) is 20.7 Å². The molecule has 0 atom stereocenters. The highest BCUT2D eigenvalue weighted by Crippen LogP contribution is 2.46. The van der Waals surface area contributed by atoms with Gasteiger partial charge in [0, 0.05) is 30.6 Å². The minimum atomic E-state index is 0.127. The van der Waals surface area contributed by atoms with Gasteiger partial charge in [0.25, 0.3) is 0 Å². The molecule has 102 valence electrons. The van der Waals surface area contributed by atoms with E-state index in [9.17, 15) is 0 Å². The van der Waals surface area contributed by atoms with E-state index in [4.69, 9.17) is 10.5 Å². The van der Waals surface area contributed by atoms with Gasteiger partial charge in [-0.15, -0.1) is 0 Å². The third-order valence-electron chi connectivity index (χ3n) is 4.43. The minimum Gasteiger partial charge on any atom is -0.467 e. The SMILES string of the molecule is COc1nc(C)c2c(C3(CN)CCC3)cn(C)c2n1. The van der Waals surface area contributed by atoms with Crippen LogP contribution in [0.5, 0.6) is 6.01 Å². The van der Waals surface area contributed by atoms with Crippen LogP contribution < -0.4 is 10.5 Å². The molecule has 3 rings (SSSR count). The molecule has 19 heavy (non-hydrogen) atoms. The highest BCUT2D eigenvalue weighted by atomic mass is 16.5. The third-order valence-corrected chi connectivity index (χ3v) is 4.43. The minimum absolute atomic E-state index is 0.127. The van der Waals surface area contributed by atoms with Crippen molar-refractivity contribution < 1.29 is 4.74 Å². The lowest BCUT2D eigenvalue weighted by atomic mass is 9.64. The molecule has 1 aliphatic rings. The van der Waals surface area contributed by atoms with E-state index in [1.165, 1.54) is 12.0 Å². The first-order chi connectivity index (χ1) is 9.11. The number of aryl methyl sites for hydroxylation is 2. The fourth-order valence-electron chi connectivity index (χ4n) is 3.10. The van der Waals surface area contributed by atoms with Crippen molar-refractivity contribution in [3.8, 4) is 6.01 Å². The second-order valence-corrected chi connectivity index (χ2v) is 5.49. The van der Waals surface area contributed by atoms with Gasteiger partial charge >= 0.3 is 6.01 Å². The van der Waals surface area contributed by atoms with Crippen LogP contribution >= 0.6 is 0 Å². The van der Waals surface area contributed by atoms with Crippen LogP contribution in [-0.4, -0.2) is 28.2 Å². The van der Waals surface area contributed by atoms with Crippen LogP contribution in [0, 0.1) is 6.92 Å². The maximum atomic E-state index is 6.03. The van der Waals surface area contributed by atoms with E-state index in [-0.39, 0.29) is 5.41 Å². The Balaban J connectivity index is 2.27. The van der Waals surface area contributed by atoms with E-state index in [0.29, 0.717) is 12.6 Å². The Kier molecular flexibility index (Phi) is 2.74. The molecule has 0 spiro atoms. The lowest BCUT2D eigenvalue weighted by Gasteiger charge is -2.41. The van der Waals surface area contributed by atoms with Gasteiger partial charge in [0.05, 0.1) is 12.8 Å². The molecule has 2 heterocycles. The fourth-order valence-corrected chi connectivity index (χ4v) is 3.10. The van der Waals surface area contributed by atoms with E-state index >= 15 is 0 Å². The average Bonchev–Trinajstić information content (AvgIpc) is 2.67. The van der Waals surface area contributed by atoms with Crippen molar-refractivity contribution in [1.82, 2.24) is 14.5 Å². The molecule has 0 bridgehead atoms. The summed E-state index contributed by atoms with van der Waals surface area (Å²) in [4.78, 5) is 8.88. The summed E-state index contributed by atoms with van der Waals surface area (Å²) in [6.07, 6.45) is 5.74. The summed E-state index contributed by atoms with van der Waals surface area (Å²) in [5.74, 6) is 0. The van der Waals surface area contributed by atoms with Crippen LogP contribution in [0.3, 0.4) is 0 Å². The van der Waals surface area contributed by atoms with E-state index in [1.54, 1.807) is 7.11 Å². The topological polar surface area (TPSA) is 66.0 Å². The molecule has 0 aromatic carbocycles. The van der Waals surface area contributed by atoms with E-state index < -0.39 is 0 Å². The highest BCUT2D eigenvalue weighted by Gasteiger charge is 2.40. The Morgan fingerprint density at radius 2 is 2.16 bits per heavy atom. The number of aromatic nitrogens is 3. The van der Waals surface area contributed by atoms with Crippen molar-refractivity contribution in [2.24, 2.45) is 12.8 Å². The Morgan fingerprint density at radius 1 is 1.42 bits per heavy atom. The Bertz CT molecular complexity index is 622. The third kappa shape index (κ3) is 1.64. The lowest BCUT2D eigenvalue weighted by Crippen LogP contribution is -2.41. The number of methoxy groups -OCH3 is 1. The molecule has 0 radical (unpaired) electrons. The average molecular weight is 260 g/mol. The second-order valence-electron chi connectivity index (χ2n) is 5.49. The van der Waals surface area contributed by atoms with E-state index in [0.717, 1.165) is 29.6 Å². The normalized spacial score (nSPS) is 17.5. The van der Waals surface area contributed by atoms with Gasteiger partial charge in [0.15, 0.2) is 0 Å². The first-order valence-corrected chi connectivity index (χ1v) is 6.69. The largest absolute Gasteiger partial charge is 0.467 e. The molecule has 0 aliphatic heterocycles. The number of fused-ring (bicyclic) bond motifs is 1. The second kappa shape index (κ2) is 4.20. The van der Waals surface area contributed by atoms with Gasteiger partial charge in [-0.1, -0.05) is 6.42 Å². The van der Waals surface area contributed by atoms with Gasteiger partial charge in [0.1, 0.15) is 5.65 Å². The van der Waals surface area contributed by atoms with Gasteiger partial charge < -0.3 is 15.0 Å². The first-order valence-electron chi connectivity index (χ1n) is 6.69. The standard InChI is InChI=1S/C14H20N4O/c1-9-11-10(14(8-15)5-4-6-14)7-18(2)12(11)17-13(16-9)19-3/h7H,4-6,8,15H2,1-3H3. The molecule has 5 heteroatoms. The summed E-state index contributed by atoms with van der Waals surface area (Å²) in [7, 11) is 3.61. The molecule has 1 saturated carbocycles. The van der Waals surface area contributed by atoms with Gasteiger partial charge in [-0.25, -0.2) is 0 Å². The number of hydrogen-bond acceptors (Lipinski definition) is 4. The van der Waals surface area contributed by atoms with Crippen molar-refractivity contribution in [1.29, 1.82) is 0 Å². The zero-order valence-electron chi connectivity index (χ0n) is 11.7. The Morgan fingerprint density at radius 3 is 2.68 bits per heavy atom. The quantitative estimate of drug-likeness (QED) is 0.911. The van der Waals surface area contributed by atoms with Crippen LogP contribution in [0.4, 0.5) is 0 Å². The summed E-state index contributed by atoms with van der Waals surface area (Å²) in [6.45, 7) is 2.70. The van der Waals surface area contributed by atoms with Crippen LogP contribution in [0.1, 0.15) is 30.5 Å². The van der Waals surface area contributed by atoms with E-state index in [1.807, 2.05) is 14.0 Å². The first kappa shape index (κ1) is 12.4. The number of ether oxygens (including phenoxy) is 1. The van der Waals surface area contributed by atoms with Gasteiger partial charge in [-0.2, -0.15) is 9.97 Å². The summed E-state index contributed by atoms with van der Waals surface area (Å²) in [5.41, 5.74) is 9.36. The fraction of sp³-hybridized carbons (Fsp3) is 0.571. The summed E-state index contributed by atoms with van der Waals surface area (Å²) >= 11 is 0. The molecule has 0 saturated heterocycles. The smallest absolute Gasteiger partial charge is 0.318 e. The van der Waals surface area contributed by atoms with Crippen LogP contribution in [-0.2, 0) is 12.5 Å². The van der Waals surface area contributed by atoms with Gasteiger partial charge in [-0.05, 0) is 25.3 Å². The number of nitrogens with two attached hydrogens (primary N) is 1. The maximum Gasteiger partial charge on any atom is 0.318 e. The van der Waals surface area contributed by atoms with Crippen molar-refractivity contribution in [2.75, 3.05) is 13.7 Å². The maximum absolute atomic E-state index is 6.03. The molecule has 2 N–H and O–H groups in total. The molecular formula is C14H20N4O. The zero-order chi connectivity index (χ0) is 13.6. The molecule has 2 aromatic rings. The number of rotatable bonds is 3. The van der Waals surface area contributed by atoms with Gasteiger partial charge in [0.2, 0.25) is 0 Å². The van der Waals surface area contributed by atoms with Crippen molar-refractivity contribution in [2.45, 2.75) is 31.6 Å². The summed E-state index contributed by atoms with van der Waals surface area (Å²) in [5, 5.41) is 1.15. The predicted molar refractivity (Wildman–Crippen MR) is 74.4 cm³/mol. The van der Waals surface area contributed by atoms with Crippen molar-refractivity contribution in [3.05, 3.63) is 17.5 Å². The molecule has 2 aromatic heterocycles. The number of hydrogen-bond donors (Lipinski definition) is 1. The Labute approximate surface area is 112 Å². The summed E-state index contributed by atoms with van der Waals surface area (Å²) in [6, 6.07) is 0.424. The molecule has 1 aliphatic carbocycles. The molecule has 0 amide bonds. The highest BCUT2D eigenvalue weighted by molar-refractivity contribution is 5.84. The van der Waals surface area contributed by atoms with Crippen LogP contribution in [0.2, 0.25) is 0 Å². The van der Waals surface area contributed by atoms with Crippen LogP contribution in [0.25, 0.3) is 11.0 Å². The predicted octanol–water partition coefficient (Wildman–Crippen LogP) is 1.67. The molecule has 0 unspecified atom stereocenters. The lowest BCUT2D eigenvalue weighted by molar-refractivity contribution is 0.255. The van der Waals surface area contributed by atoms with Gasteiger partial charge in [-0.3, -0.25) is 0 Å². The van der Waals surface area contributed by atoms with Crippen molar-refractivity contribution in [3.63, 3.8) is 0 Å². The number of nitrogens with zero attached hydrogens (tertiary/aromatic N) is 3. The van der Waals surface area contributed by atoms with Crippen molar-refractivity contribution >= 4 is 11.0 Å². The molecule has 5 nitrogen and oxygen atoms in total. The monoisotopic (exact) mass is 260 g/mol. The summed E-state index contributed by atoms with van der Waals surface area (Å²) < 4.78 is 7.21. The molecule has 1 fully saturated rings. The zero-order valence-corrected chi connectivity index (χ0v) is 11.7.